The lowest BCUT2D eigenvalue weighted by Gasteiger charge is -2.28. The van der Waals surface area contributed by atoms with Crippen LogP contribution in [-0.2, 0) is 0 Å². The van der Waals surface area contributed by atoms with Gasteiger partial charge in [-0.25, -0.2) is 0 Å². The van der Waals surface area contributed by atoms with Crippen LogP contribution < -0.4 is 21.3 Å². The summed E-state index contributed by atoms with van der Waals surface area (Å²) in [5.41, 5.74) is 4.77. The number of hydrogen-bond donors (Lipinski definition) is 6. The first-order valence-corrected chi connectivity index (χ1v) is 11.3. The van der Waals surface area contributed by atoms with E-state index in [1.165, 1.54) is 0 Å². The number of aliphatic hydroxyl groups is 2. The second-order valence-corrected chi connectivity index (χ2v) is 10.1. The van der Waals surface area contributed by atoms with Crippen LogP contribution in [0.15, 0.2) is 36.4 Å². The highest BCUT2D eigenvalue weighted by Gasteiger charge is 2.21. The number of aliphatic hydroxyl groups excluding tert-OH is 2. The summed E-state index contributed by atoms with van der Waals surface area (Å²) >= 11 is 11.0. The van der Waals surface area contributed by atoms with Gasteiger partial charge in [-0.2, -0.15) is 0 Å². The van der Waals surface area contributed by atoms with Crippen LogP contribution in [-0.4, -0.2) is 44.7 Å². The molecule has 0 aromatic heterocycles. The SMILES string of the molecule is Cc1cccc(NC(=S)NC(C)(C)CO)c1-c1c(C)cccc1NC(=S)NC(C)(C)CO. The van der Waals surface area contributed by atoms with Gasteiger partial charge < -0.3 is 31.5 Å². The maximum absolute atomic E-state index is 9.55. The van der Waals surface area contributed by atoms with E-state index in [0.29, 0.717) is 10.2 Å². The molecule has 0 unspecified atom stereocenters. The van der Waals surface area contributed by atoms with Crippen molar-refractivity contribution in [3.05, 3.63) is 47.5 Å². The van der Waals surface area contributed by atoms with Crippen molar-refractivity contribution in [3.8, 4) is 11.1 Å². The van der Waals surface area contributed by atoms with Crippen molar-refractivity contribution in [2.75, 3.05) is 23.8 Å². The molecule has 0 atom stereocenters. The number of aryl methyl sites for hydroxylation is 2. The topological polar surface area (TPSA) is 88.6 Å². The number of anilines is 2. The molecule has 0 heterocycles. The first-order chi connectivity index (χ1) is 14.9. The van der Waals surface area contributed by atoms with E-state index in [2.05, 4.69) is 47.2 Å². The molecule has 6 nitrogen and oxygen atoms in total. The van der Waals surface area contributed by atoms with Crippen molar-refractivity contribution in [2.45, 2.75) is 52.6 Å². The Morgan fingerprint density at radius 1 is 0.719 bits per heavy atom. The maximum Gasteiger partial charge on any atom is 0.171 e. The zero-order chi connectivity index (χ0) is 24.1. The van der Waals surface area contributed by atoms with Crippen LogP contribution in [0.5, 0.6) is 0 Å². The van der Waals surface area contributed by atoms with Crippen molar-refractivity contribution >= 4 is 46.0 Å². The van der Waals surface area contributed by atoms with Gasteiger partial charge in [-0.05, 0) is 89.2 Å². The zero-order valence-corrected chi connectivity index (χ0v) is 21.2. The molecule has 0 saturated heterocycles. The Morgan fingerprint density at radius 3 is 1.38 bits per heavy atom. The third-order valence-electron chi connectivity index (χ3n) is 4.99. The summed E-state index contributed by atoms with van der Waals surface area (Å²) in [5.74, 6) is 0. The van der Waals surface area contributed by atoms with E-state index in [4.69, 9.17) is 24.4 Å². The van der Waals surface area contributed by atoms with E-state index >= 15 is 0 Å². The molecule has 8 heteroatoms. The monoisotopic (exact) mass is 474 g/mol. The van der Waals surface area contributed by atoms with Crippen LogP contribution in [0.1, 0.15) is 38.8 Å². The van der Waals surface area contributed by atoms with E-state index < -0.39 is 11.1 Å². The normalized spacial score (nSPS) is 11.6. The standard InChI is InChI=1S/C24H34N4O2S2/c1-15-9-7-11-17(25-21(31)27-23(3,4)13-29)19(15)20-16(2)10-8-12-18(20)26-22(32)28-24(5,6)14-30/h7-12,29-30H,13-14H2,1-6H3,(H2,25,27,31)(H2,26,28,32). The predicted molar refractivity (Wildman–Crippen MR) is 142 cm³/mol. The lowest BCUT2D eigenvalue weighted by molar-refractivity contribution is 0.207. The van der Waals surface area contributed by atoms with E-state index in [9.17, 15) is 10.2 Å². The molecular formula is C24H34N4O2S2. The van der Waals surface area contributed by atoms with Gasteiger partial charge in [-0.15, -0.1) is 0 Å². The first kappa shape index (κ1) is 26.0. The van der Waals surface area contributed by atoms with Crippen LogP contribution in [0.2, 0.25) is 0 Å². The highest BCUT2D eigenvalue weighted by Crippen LogP contribution is 2.38. The van der Waals surface area contributed by atoms with Crippen molar-refractivity contribution in [1.82, 2.24) is 10.6 Å². The highest BCUT2D eigenvalue weighted by molar-refractivity contribution is 7.80. The van der Waals surface area contributed by atoms with Gasteiger partial charge in [0.05, 0.1) is 24.3 Å². The van der Waals surface area contributed by atoms with Gasteiger partial charge in [0.2, 0.25) is 0 Å². The molecule has 0 aliphatic rings. The van der Waals surface area contributed by atoms with Crippen LogP contribution in [0.25, 0.3) is 11.1 Å². The molecule has 2 rings (SSSR count). The Labute approximate surface area is 201 Å². The van der Waals surface area contributed by atoms with Gasteiger partial charge in [0.15, 0.2) is 10.2 Å². The lowest BCUT2D eigenvalue weighted by Crippen LogP contribution is -2.48. The third kappa shape index (κ3) is 6.87. The molecular weight excluding hydrogens is 440 g/mol. The molecule has 0 amide bonds. The van der Waals surface area contributed by atoms with Crippen molar-refractivity contribution in [3.63, 3.8) is 0 Å². The Hall–Kier alpha value is -2.26. The fraction of sp³-hybridized carbons (Fsp3) is 0.417. The second kappa shape index (κ2) is 10.6. The molecule has 0 aliphatic carbocycles. The van der Waals surface area contributed by atoms with E-state index in [1.807, 2.05) is 52.0 Å². The highest BCUT2D eigenvalue weighted by atomic mass is 32.1. The Balaban J connectivity index is 2.46. The molecule has 2 aromatic carbocycles. The molecule has 0 aliphatic heterocycles. The van der Waals surface area contributed by atoms with Crippen LogP contribution in [0.3, 0.4) is 0 Å². The minimum absolute atomic E-state index is 0.0456. The average Bonchev–Trinajstić information content (AvgIpc) is 2.68. The summed E-state index contributed by atoms with van der Waals surface area (Å²) < 4.78 is 0. The number of hydrogen-bond acceptors (Lipinski definition) is 4. The molecule has 0 bridgehead atoms. The zero-order valence-electron chi connectivity index (χ0n) is 19.6. The third-order valence-corrected chi connectivity index (χ3v) is 5.39. The van der Waals surface area contributed by atoms with Crippen LogP contribution in [0.4, 0.5) is 11.4 Å². The fourth-order valence-electron chi connectivity index (χ4n) is 3.21. The smallest absolute Gasteiger partial charge is 0.171 e. The van der Waals surface area contributed by atoms with Crippen molar-refractivity contribution < 1.29 is 10.2 Å². The van der Waals surface area contributed by atoms with Gasteiger partial charge in [-0.1, -0.05) is 24.3 Å². The summed E-state index contributed by atoms with van der Waals surface area (Å²) in [6, 6.07) is 12.0. The number of benzene rings is 2. The number of rotatable bonds is 7. The van der Waals surface area contributed by atoms with Crippen LogP contribution >= 0.6 is 24.4 Å². The molecule has 0 spiro atoms. The lowest BCUT2D eigenvalue weighted by atomic mass is 9.93. The van der Waals surface area contributed by atoms with Gasteiger partial charge in [-0.3, -0.25) is 0 Å². The van der Waals surface area contributed by atoms with Crippen LogP contribution in [0, 0.1) is 13.8 Å². The number of nitrogens with one attached hydrogen (secondary N) is 4. The Bertz CT molecular complexity index is 910. The summed E-state index contributed by atoms with van der Waals surface area (Å²) in [6.07, 6.45) is 0. The molecule has 174 valence electrons. The Kier molecular flexibility index (Phi) is 8.59. The molecule has 0 radical (unpaired) electrons. The predicted octanol–water partition coefficient (Wildman–Crippen LogP) is 4.09. The van der Waals surface area contributed by atoms with Crippen molar-refractivity contribution in [1.29, 1.82) is 0 Å². The second-order valence-electron chi connectivity index (χ2n) is 9.24. The first-order valence-electron chi connectivity index (χ1n) is 10.5. The van der Waals surface area contributed by atoms with Gasteiger partial charge >= 0.3 is 0 Å². The fourth-order valence-corrected chi connectivity index (χ4v) is 3.98. The molecule has 0 saturated carbocycles. The largest absolute Gasteiger partial charge is 0.394 e. The van der Waals surface area contributed by atoms with Gasteiger partial charge in [0.25, 0.3) is 0 Å². The molecule has 32 heavy (non-hydrogen) atoms. The number of thiocarbonyl (C=S) groups is 2. The summed E-state index contributed by atoms with van der Waals surface area (Å²) in [5, 5.41) is 32.8. The minimum atomic E-state index is -0.541. The molecule has 0 fully saturated rings. The molecule has 2 aromatic rings. The average molecular weight is 475 g/mol. The van der Waals surface area contributed by atoms with E-state index in [1.54, 1.807) is 0 Å². The maximum atomic E-state index is 9.55. The quantitative estimate of drug-likeness (QED) is 0.335. The van der Waals surface area contributed by atoms with E-state index in [0.717, 1.165) is 33.6 Å². The van der Waals surface area contributed by atoms with Crippen molar-refractivity contribution in [2.24, 2.45) is 0 Å². The van der Waals surface area contributed by atoms with Gasteiger partial charge in [0.1, 0.15) is 0 Å². The van der Waals surface area contributed by atoms with Gasteiger partial charge in [0, 0.05) is 22.5 Å². The molecule has 6 N–H and O–H groups in total. The summed E-state index contributed by atoms with van der Waals surface area (Å²) in [4.78, 5) is 0. The van der Waals surface area contributed by atoms with E-state index in [-0.39, 0.29) is 13.2 Å². The summed E-state index contributed by atoms with van der Waals surface area (Å²) in [7, 11) is 0. The minimum Gasteiger partial charge on any atom is -0.394 e. The Morgan fingerprint density at radius 2 is 1.06 bits per heavy atom. The summed E-state index contributed by atoms with van der Waals surface area (Å²) in [6.45, 7) is 11.5.